The molecule has 1 unspecified atom stereocenters. The monoisotopic (exact) mass is 485 g/mol. The molecule has 3 rings (SSSR count). The van der Waals surface area contributed by atoms with Crippen molar-refractivity contribution in [3.8, 4) is 0 Å². The third-order valence-corrected chi connectivity index (χ3v) is 7.20. The molecule has 0 aromatic heterocycles. The van der Waals surface area contributed by atoms with Crippen molar-refractivity contribution in [2.24, 2.45) is 0 Å². The molecule has 2 N–H and O–H groups in total. The normalized spacial score (nSPS) is 12.4. The van der Waals surface area contributed by atoms with Crippen LogP contribution in [0.25, 0.3) is 0 Å². The zero-order valence-corrected chi connectivity index (χ0v) is 19.9. The predicted molar refractivity (Wildman–Crippen MR) is 131 cm³/mol. The number of carboxylic acid groups (broad SMARTS) is 1. The highest BCUT2D eigenvalue weighted by atomic mass is 35.5. The van der Waals surface area contributed by atoms with Crippen molar-refractivity contribution >= 4 is 27.6 Å². The molecule has 0 bridgehead atoms. The van der Waals surface area contributed by atoms with E-state index in [4.69, 9.17) is 16.7 Å². The zero-order valence-electron chi connectivity index (χ0n) is 18.3. The fourth-order valence-electron chi connectivity index (χ4n) is 3.68. The summed E-state index contributed by atoms with van der Waals surface area (Å²) in [5.74, 6) is -0.804. The van der Waals surface area contributed by atoms with Crippen molar-refractivity contribution in [2.75, 3.05) is 0 Å². The molecule has 3 aromatic carbocycles. The molecule has 3 aromatic rings. The van der Waals surface area contributed by atoms with Gasteiger partial charge in [0, 0.05) is 17.5 Å². The summed E-state index contributed by atoms with van der Waals surface area (Å²) in [7, 11) is -3.73. The molecule has 0 aliphatic heterocycles. The molecular weight excluding hydrogens is 458 g/mol. The van der Waals surface area contributed by atoms with E-state index in [1.54, 1.807) is 12.1 Å². The predicted octanol–water partition coefficient (Wildman–Crippen LogP) is 5.79. The number of aryl methyl sites for hydroxylation is 2. The van der Waals surface area contributed by atoms with Crippen LogP contribution in [0.2, 0.25) is 5.02 Å². The Morgan fingerprint density at radius 3 is 2.09 bits per heavy atom. The number of carbonyl (C=O) groups is 1. The van der Waals surface area contributed by atoms with Crippen LogP contribution in [-0.4, -0.2) is 19.5 Å². The second-order valence-electron chi connectivity index (χ2n) is 7.99. The van der Waals surface area contributed by atoms with Crippen molar-refractivity contribution in [1.29, 1.82) is 0 Å². The Morgan fingerprint density at radius 2 is 1.45 bits per heavy atom. The maximum absolute atomic E-state index is 13.0. The van der Waals surface area contributed by atoms with Crippen molar-refractivity contribution in [1.82, 2.24) is 4.72 Å². The first kappa shape index (κ1) is 25.0. The fourth-order valence-corrected chi connectivity index (χ4v) is 5.06. The van der Waals surface area contributed by atoms with Crippen LogP contribution in [-0.2, 0) is 27.7 Å². The molecule has 0 radical (unpaired) electrons. The Kier molecular flexibility index (Phi) is 9.06. The van der Waals surface area contributed by atoms with Crippen LogP contribution < -0.4 is 4.72 Å². The fraction of sp³-hybridized carbons (Fsp3) is 0.269. The first-order chi connectivity index (χ1) is 15.8. The van der Waals surface area contributed by atoms with E-state index < -0.39 is 16.0 Å². The Morgan fingerprint density at radius 1 is 0.848 bits per heavy atom. The molecule has 0 spiro atoms. The first-order valence-corrected chi connectivity index (χ1v) is 12.8. The molecule has 7 heteroatoms. The molecule has 174 valence electrons. The van der Waals surface area contributed by atoms with Gasteiger partial charge in [0.25, 0.3) is 0 Å². The number of nitrogens with one attached hydrogen (secondary N) is 1. The summed E-state index contributed by atoms with van der Waals surface area (Å²) in [6.45, 7) is 0. The third-order valence-electron chi connectivity index (χ3n) is 5.46. The van der Waals surface area contributed by atoms with Gasteiger partial charge in [0.1, 0.15) is 0 Å². The molecule has 0 saturated heterocycles. The van der Waals surface area contributed by atoms with Crippen LogP contribution in [0.3, 0.4) is 0 Å². The molecule has 0 amide bonds. The van der Waals surface area contributed by atoms with Gasteiger partial charge in [-0.3, -0.25) is 4.79 Å². The number of hydrogen-bond acceptors (Lipinski definition) is 3. The second kappa shape index (κ2) is 12.0. The SMILES string of the molecule is O=C(O)CCCc1ccc(C(CCCc2ccccc2)NS(=O)(=O)c2ccc(Cl)cc2)cc1. The first-order valence-electron chi connectivity index (χ1n) is 11.0. The molecule has 0 aliphatic carbocycles. The highest BCUT2D eigenvalue weighted by Crippen LogP contribution is 2.24. The van der Waals surface area contributed by atoms with Gasteiger partial charge in [-0.2, -0.15) is 0 Å². The Balaban J connectivity index is 1.74. The highest BCUT2D eigenvalue weighted by molar-refractivity contribution is 7.89. The molecule has 0 saturated carbocycles. The van der Waals surface area contributed by atoms with Gasteiger partial charge in [0.05, 0.1) is 4.90 Å². The summed E-state index contributed by atoms with van der Waals surface area (Å²) in [6, 6.07) is 23.6. The van der Waals surface area contributed by atoms with Gasteiger partial charge in [0.2, 0.25) is 10.0 Å². The standard InChI is InChI=1S/C26H28ClNO4S/c27-23-16-18-24(19-17-23)33(31,32)28-25(10-4-8-20-6-2-1-3-7-20)22-14-12-21(13-15-22)9-5-11-26(29)30/h1-3,6-7,12-19,25,28H,4-5,8-11H2,(H,29,30). The topological polar surface area (TPSA) is 83.5 Å². The van der Waals surface area contributed by atoms with Crippen LogP contribution in [0.4, 0.5) is 0 Å². The van der Waals surface area contributed by atoms with E-state index in [2.05, 4.69) is 16.9 Å². The summed E-state index contributed by atoms with van der Waals surface area (Å²) in [6.07, 6.45) is 3.68. The summed E-state index contributed by atoms with van der Waals surface area (Å²) >= 11 is 5.91. The largest absolute Gasteiger partial charge is 0.481 e. The lowest BCUT2D eigenvalue weighted by Crippen LogP contribution is -2.29. The number of hydrogen-bond donors (Lipinski definition) is 2. The van der Waals surface area contributed by atoms with E-state index in [0.29, 0.717) is 24.3 Å². The maximum Gasteiger partial charge on any atom is 0.303 e. The number of carboxylic acids is 1. The minimum absolute atomic E-state index is 0.130. The van der Waals surface area contributed by atoms with Crippen LogP contribution in [0.1, 0.15) is 48.4 Å². The lowest BCUT2D eigenvalue weighted by Gasteiger charge is -2.20. The molecule has 1 atom stereocenters. The Hall–Kier alpha value is -2.67. The molecule has 0 heterocycles. The smallest absolute Gasteiger partial charge is 0.303 e. The summed E-state index contributed by atoms with van der Waals surface area (Å²) in [5, 5.41) is 9.30. The molecule has 5 nitrogen and oxygen atoms in total. The molecule has 33 heavy (non-hydrogen) atoms. The lowest BCUT2D eigenvalue weighted by molar-refractivity contribution is -0.137. The number of benzene rings is 3. The lowest BCUT2D eigenvalue weighted by atomic mass is 9.98. The number of halogens is 1. The van der Waals surface area contributed by atoms with Gasteiger partial charge in [-0.25, -0.2) is 13.1 Å². The van der Waals surface area contributed by atoms with Crippen LogP contribution in [0.5, 0.6) is 0 Å². The van der Waals surface area contributed by atoms with Crippen LogP contribution in [0.15, 0.2) is 83.8 Å². The maximum atomic E-state index is 13.0. The van der Waals surface area contributed by atoms with Gasteiger partial charge >= 0.3 is 5.97 Å². The second-order valence-corrected chi connectivity index (χ2v) is 10.1. The number of rotatable bonds is 12. The summed E-state index contributed by atoms with van der Waals surface area (Å²) in [5.41, 5.74) is 3.12. The van der Waals surface area contributed by atoms with Gasteiger partial charge in [-0.05, 0) is 73.1 Å². The molecule has 0 aliphatic rings. The van der Waals surface area contributed by atoms with E-state index in [0.717, 1.165) is 24.0 Å². The zero-order chi connectivity index (χ0) is 23.7. The van der Waals surface area contributed by atoms with E-state index >= 15 is 0 Å². The average Bonchev–Trinajstić information content (AvgIpc) is 2.80. The van der Waals surface area contributed by atoms with E-state index in [1.165, 1.54) is 17.7 Å². The third kappa shape index (κ3) is 8.00. The van der Waals surface area contributed by atoms with Gasteiger partial charge in [-0.15, -0.1) is 0 Å². The number of sulfonamides is 1. The summed E-state index contributed by atoms with van der Waals surface area (Å²) in [4.78, 5) is 10.9. The molecular formula is C26H28ClNO4S. The molecule has 0 fully saturated rings. The van der Waals surface area contributed by atoms with Crippen molar-refractivity contribution in [3.63, 3.8) is 0 Å². The minimum Gasteiger partial charge on any atom is -0.481 e. The average molecular weight is 486 g/mol. The van der Waals surface area contributed by atoms with Crippen molar-refractivity contribution < 1.29 is 18.3 Å². The number of aliphatic carboxylic acids is 1. The van der Waals surface area contributed by atoms with E-state index in [1.807, 2.05) is 42.5 Å². The van der Waals surface area contributed by atoms with E-state index in [9.17, 15) is 13.2 Å². The van der Waals surface area contributed by atoms with Crippen LogP contribution in [0, 0.1) is 0 Å². The summed E-state index contributed by atoms with van der Waals surface area (Å²) < 4.78 is 28.9. The van der Waals surface area contributed by atoms with E-state index in [-0.39, 0.29) is 17.4 Å². The minimum atomic E-state index is -3.73. The van der Waals surface area contributed by atoms with Gasteiger partial charge < -0.3 is 5.11 Å². The van der Waals surface area contributed by atoms with Crippen molar-refractivity contribution in [3.05, 3.63) is 101 Å². The quantitative estimate of drug-likeness (QED) is 0.340. The van der Waals surface area contributed by atoms with Gasteiger partial charge in [-0.1, -0.05) is 66.2 Å². The van der Waals surface area contributed by atoms with Crippen molar-refractivity contribution in [2.45, 2.75) is 49.5 Å². The van der Waals surface area contributed by atoms with Gasteiger partial charge in [0.15, 0.2) is 0 Å². The van der Waals surface area contributed by atoms with Crippen LogP contribution >= 0.6 is 11.6 Å². The Bertz CT molecular complexity index is 1130. The highest BCUT2D eigenvalue weighted by Gasteiger charge is 2.21. The Labute approximate surface area is 200 Å².